The minimum atomic E-state index is -0.112. The highest BCUT2D eigenvalue weighted by Crippen LogP contribution is 2.26. The molecule has 0 heterocycles. The Bertz CT molecular complexity index is 500. The van der Waals surface area contributed by atoms with Gasteiger partial charge in [-0.3, -0.25) is 9.69 Å². The molecule has 0 saturated heterocycles. The van der Waals surface area contributed by atoms with Crippen LogP contribution in [0.2, 0.25) is 0 Å². The standard InChI is InChI=1S/C16H25N3O2/c1-4-21-15-8-12(7-13(17)9-15)16(20)18-10-11(2)19(3)14-5-6-14/h7-9,11,14H,4-6,10,17H2,1-3H3,(H,18,20). The van der Waals surface area contributed by atoms with Crippen molar-refractivity contribution in [2.75, 3.05) is 25.9 Å². The molecule has 1 aromatic rings. The molecule has 5 nitrogen and oxygen atoms in total. The summed E-state index contributed by atoms with van der Waals surface area (Å²) in [4.78, 5) is 14.5. The van der Waals surface area contributed by atoms with Gasteiger partial charge < -0.3 is 15.8 Å². The lowest BCUT2D eigenvalue weighted by Crippen LogP contribution is -2.41. The second-order valence-electron chi connectivity index (χ2n) is 5.68. The normalized spacial score (nSPS) is 15.8. The summed E-state index contributed by atoms with van der Waals surface area (Å²) in [6.45, 7) is 5.21. The van der Waals surface area contributed by atoms with Crippen LogP contribution in [0.15, 0.2) is 18.2 Å². The van der Waals surface area contributed by atoms with Crippen molar-refractivity contribution >= 4 is 11.6 Å². The van der Waals surface area contributed by atoms with E-state index in [1.165, 1.54) is 12.8 Å². The zero-order chi connectivity index (χ0) is 15.4. The number of carbonyl (C=O) groups is 1. The van der Waals surface area contributed by atoms with Crippen LogP contribution >= 0.6 is 0 Å². The molecule has 1 amide bonds. The smallest absolute Gasteiger partial charge is 0.251 e. The Morgan fingerprint density at radius 2 is 2.19 bits per heavy atom. The van der Waals surface area contributed by atoms with Crippen LogP contribution in [0, 0.1) is 0 Å². The summed E-state index contributed by atoms with van der Waals surface area (Å²) in [6, 6.07) is 6.14. The van der Waals surface area contributed by atoms with Crippen LogP contribution in [0.25, 0.3) is 0 Å². The number of benzene rings is 1. The topological polar surface area (TPSA) is 67.6 Å². The summed E-state index contributed by atoms with van der Waals surface area (Å²) >= 11 is 0. The molecule has 0 radical (unpaired) electrons. The van der Waals surface area contributed by atoms with E-state index in [4.69, 9.17) is 10.5 Å². The summed E-state index contributed by atoms with van der Waals surface area (Å²) in [5.74, 6) is 0.519. The minimum absolute atomic E-state index is 0.112. The number of likely N-dealkylation sites (N-methyl/N-ethyl adjacent to an activating group) is 1. The summed E-state index contributed by atoms with van der Waals surface area (Å²) in [5.41, 5.74) is 6.89. The zero-order valence-electron chi connectivity index (χ0n) is 13.1. The number of carbonyl (C=O) groups excluding carboxylic acids is 1. The number of hydrogen-bond donors (Lipinski definition) is 2. The molecule has 1 saturated carbocycles. The molecule has 0 spiro atoms. The van der Waals surface area contributed by atoms with E-state index in [9.17, 15) is 4.79 Å². The molecule has 1 atom stereocenters. The van der Waals surface area contributed by atoms with Gasteiger partial charge in [0.25, 0.3) is 5.91 Å². The van der Waals surface area contributed by atoms with Crippen LogP contribution in [-0.4, -0.2) is 43.1 Å². The molecule has 0 aliphatic heterocycles. The molecule has 1 aromatic carbocycles. The van der Waals surface area contributed by atoms with E-state index in [1.807, 2.05) is 6.92 Å². The monoisotopic (exact) mass is 291 g/mol. The number of hydrogen-bond acceptors (Lipinski definition) is 4. The van der Waals surface area contributed by atoms with Gasteiger partial charge in [0, 0.05) is 35.9 Å². The van der Waals surface area contributed by atoms with Crippen LogP contribution in [0.5, 0.6) is 5.75 Å². The maximum absolute atomic E-state index is 12.2. The number of amides is 1. The first-order valence-corrected chi connectivity index (χ1v) is 7.54. The Hall–Kier alpha value is -1.75. The lowest BCUT2D eigenvalue weighted by Gasteiger charge is -2.24. The lowest BCUT2D eigenvalue weighted by molar-refractivity contribution is 0.0939. The van der Waals surface area contributed by atoms with Gasteiger partial charge in [-0.25, -0.2) is 0 Å². The average molecular weight is 291 g/mol. The molecule has 0 aromatic heterocycles. The highest BCUT2D eigenvalue weighted by Gasteiger charge is 2.29. The van der Waals surface area contributed by atoms with Crippen LogP contribution in [0.4, 0.5) is 5.69 Å². The Labute approximate surface area is 126 Å². The van der Waals surface area contributed by atoms with Gasteiger partial charge in [-0.15, -0.1) is 0 Å². The molecular formula is C16H25N3O2. The maximum atomic E-state index is 12.2. The summed E-state index contributed by atoms with van der Waals surface area (Å²) in [6.07, 6.45) is 2.53. The van der Waals surface area contributed by atoms with Gasteiger partial charge in [-0.1, -0.05) is 0 Å². The zero-order valence-corrected chi connectivity index (χ0v) is 13.1. The first-order chi connectivity index (χ1) is 10.0. The van der Waals surface area contributed by atoms with E-state index >= 15 is 0 Å². The van der Waals surface area contributed by atoms with E-state index in [1.54, 1.807) is 18.2 Å². The first-order valence-electron chi connectivity index (χ1n) is 7.54. The number of ether oxygens (including phenoxy) is 1. The van der Waals surface area contributed by atoms with Gasteiger partial charge in [0.1, 0.15) is 5.75 Å². The predicted octanol–water partition coefficient (Wildman–Crippen LogP) is 1.88. The molecule has 2 rings (SSSR count). The predicted molar refractivity (Wildman–Crippen MR) is 84.6 cm³/mol. The van der Waals surface area contributed by atoms with Gasteiger partial charge >= 0.3 is 0 Å². The molecule has 116 valence electrons. The molecule has 1 unspecified atom stereocenters. The molecule has 1 aliphatic rings. The Kier molecular flexibility index (Phi) is 5.07. The number of rotatable bonds is 7. The Morgan fingerprint density at radius 3 is 2.81 bits per heavy atom. The quantitative estimate of drug-likeness (QED) is 0.753. The fourth-order valence-corrected chi connectivity index (χ4v) is 2.33. The number of nitrogen functional groups attached to an aromatic ring is 1. The molecule has 21 heavy (non-hydrogen) atoms. The van der Waals surface area contributed by atoms with Gasteiger partial charge in [0.2, 0.25) is 0 Å². The summed E-state index contributed by atoms with van der Waals surface area (Å²) in [5, 5.41) is 2.97. The first kappa shape index (κ1) is 15.6. The fraction of sp³-hybridized carbons (Fsp3) is 0.562. The van der Waals surface area contributed by atoms with E-state index in [0.717, 1.165) is 0 Å². The average Bonchev–Trinajstić information content (AvgIpc) is 3.27. The highest BCUT2D eigenvalue weighted by molar-refractivity contribution is 5.95. The third-order valence-electron chi connectivity index (χ3n) is 3.88. The third kappa shape index (κ3) is 4.36. The molecule has 0 bridgehead atoms. The van der Waals surface area contributed by atoms with Crippen LogP contribution in [0.3, 0.4) is 0 Å². The number of nitrogens with zero attached hydrogens (tertiary/aromatic N) is 1. The van der Waals surface area contributed by atoms with Crippen molar-refractivity contribution in [3.63, 3.8) is 0 Å². The minimum Gasteiger partial charge on any atom is -0.494 e. The molecule has 1 fully saturated rings. The second kappa shape index (κ2) is 6.80. The van der Waals surface area contributed by atoms with Crippen molar-refractivity contribution in [3.8, 4) is 5.75 Å². The number of nitrogens with one attached hydrogen (secondary N) is 1. The van der Waals surface area contributed by atoms with Crippen molar-refractivity contribution in [3.05, 3.63) is 23.8 Å². The van der Waals surface area contributed by atoms with Crippen molar-refractivity contribution in [1.82, 2.24) is 10.2 Å². The third-order valence-corrected chi connectivity index (χ3v) is 3.88. The summed E-state index contributed by atoms with van der Waals surface area (Å²) in [7, 11) is 2.11. The second-order valence-corrected chi connectivity index (χ2v) is 5.68. The van der Waals surface area contributed by atoms with Crippen molar-refractivity contribution in [1.29, 1.82) is 0 Å². The largest absolute Gasteiger partial charge is 0.494 e. The van der Waals surface area contributed by atoms with Crippen LogP contribution in [0.1, 0.15) is 37.0 Å². The highest BCUT2D eigenvalue weighted by atomic mass is 16.5. The van der Waals surface area contributed by atoms with Crippen molar-refractivity contribution in [2.24, 2.45) is 0 Å². The van der Waals surface area contributed by atoms with E-state index in [2.05, 4.69) is 24.2 Å². The Morgan fingerprint density at radius 1 is 1.48 bits per heavy atom. The number of nitrogens with two attached hydrogens (primary N) is 1. The van der Waals surface area contributed by atoms with E-state index in [0.29, 0.717) is 42.2 Å². The molecule has 1 aliphatic carbocycles. The van der Waals surface area contributed by atoms with Gasteiger partial charge in [-0.05, 0) is 45.9 Å². The molecular weight excluding hydrogens is 266 g/mol. The van der Waals surface area contributed by atoms with Gasteiger partial charge in [0.05, 0.1) is 6.61 Å². The van der Waals surface area contributed by atoms with E-state index < -0.39 is 0 Å². The van der Waals surface area contributed by atoms with Crippen LogP contribution < -0.4 is 15.8 Å². The van der Waals surface area contributed by atoms with Crippen LogP contribution in [-0.2, 0) is 0 Å². The Balaban J connectivity index is 1.93. The summed E-state index contributed by atoms with van der Waals surface area (Å²) < 4.78 is 5.41. The van der Waals surface area contributed by atoms with Gasteiger partial charge in [0.15, 0.2) is 0 Å². The van der Waals surface area contributed by atoms with E-state index in [-0.39, 0.29) is 5.91 Å². The van der Waals surface area contributed by atoms with Crippen molar-refractivity contribution < 1.29 is 9.53 Å². The van der Waals surface area contributed by atoms with Crippen molar-refractivity contribution in [2.45, 2.75) is 38.8 Å². The molecule has 5 heteroatoms. The molecule has 3 N–H and O–H groups in total. The SMILES string of the molecule is CCOc1cc(N)cc(C(=O)NCC(C)N(C)C2CC2)c1. The fourth-order valence-electron chi connectivity index (χ4n) is 2.33. The lowest BCUT2D eigenvalue weighted by atomic mass is 10.1. The van der Waals surface area contributed by atoms with Gasteiger partial charge in [-0.2, -0.15) is 0 Å². The maximum Gasteiger partial charge on any atom is 0.251 e. The number of anilines is 1.